The summed E-state index contributed by atoms with van der Waals surface area (Å²) in [7, 11) is 1.83. The predicted molar refractivity (Wildman–Crippen MR) is 79.4 cm³/mol. The van der Waals surface area contributed by atoms with E-state index in [4.69, 9.17) is 5.73 Å². The third-order valence-electron chi connectivity index (χ3n) is 3.31. The van der Waals surface area contributed by atoms with Crippen LogP contribution in [0.2, 0.25) is 0 Å². The maximum absolute atomic E-state index is 13.6. The average molecular weight is 338 g/mol. The number of fused-ring (bicyclic) bond motifs is 1. The van der Waals surface area contributed by atoms with Crippen molar-refractivity contribution in [1.29, 1.82) is 0 Å². The summed E-state index contributed by atoms with van der Waals surface area (Å²) in [5.41, 5.74) is 9.94. The van der Waals surface area contributed by atoms with Crippen LogP contribution in [0.1, 0.15) is 11.3 Å². The Hall–Kier alpha value is -1.89. The van der Waals surface area contributed by atoms with E-state index in [1.165, 1.54) is 6.07 Å². The number of benzene rings is 1. The molecule has 0 radical (unpaired) electrons. The quantitative estimate of drug-likeness (QED) is 0.742. The molecule has 0 aliphatic heterocycles. The van der Waals surface area contributed by atoms with Crippen LogP contribution in [0.25, 0.3) is 16.9 Å². The fourth-order valence-corrected chi connectivity index (χ4v) is 2.73. The summed E-state index contributed by atoms with van der Waals surface area (Å²) in [6, 6.07) is 3.17. The minimum Gasteiger partial charge on any atom is -0.369 e. The number of anilines is 1. The highest BCUT2D eigenvalue weighted by molar-refractivity contribution is 9.10. The zero-order valence-electron chi connectivity index (χ0n) is 11.3. The van der Waals surface area contributed by atoms with E-state index < -0.39 is 0 Å². The number of hydrogen-bond acceptors (Lipinski definition) is 3. The van der Waals surface area contributed by atoms with Gasteiger partial charge in [-0.05, 0) is 47.5 Å². The molecule has 2 N–H and O–H groups in total. The molecule has 3 rings (SSSR count). The first kappa shape index (κ1) is 13.1. The van der Waals surface area contributed by atoms with Crippen molar-refractivity contribution in [2.45, 2.75) is 13.8 Å². The molecule has 0 saturated carbocycles. The van der Waals surface area contributed by atoms with E-state index in [2.05, 4.69) is 26.0 Å². The smallest absolute Gasteiger partial charge is 0.207 e. The average Bonchev–Trinajstić information content (AvgIpc) is 2.83. The number of aromatic nitrogens is 4. The molecule has 0 aliphatic rings. The van der Waals surface area contributed by atoms with E-state index in [1.807, 2.05) is 20.9 Å². The molecule has 0 bridgehead atoms. The molecule has 0 saturated heterocycles. The highest BCUT2D eigenvalue weighted by Gasteiger charge is 2.19. The lowest BCUT2D eigenvalue weighted by molar-refractivity contribution is 0.619. The third kappa shape index (κ3) is 1.73. The predicted octanol–water partition coefficient (Wildman–Crippen LogP) is 2.86. The van der Waals surface area contributed by atoms with Gasteiger partial charge in [0.25, 0.3) is 0 Å². The molecular formula is C13H13BrFN5. The van der Waals surface area contributed by atoms with Crippen molar-refractivity contribution in [1.82, 2.24) is 19.3 Å². The molecule has 5 nitrogen and oxygen atoms in total. The zero-order chi connectivity index (χ0) is 14.6. The molecule has 0 aliphatic carbocycles. The molecule has 2 aromatic heterocycles. The van der Waals surface area contributed by atoms with Crippen molar-refractivity contribution in [3.63, 3.8) is 0 Å². The van der Waals surface area contributed by atoms with Crippen LogP contribution in [0.3, 0.4) is 0 Å². The monoisotopic (exact) mass is 337 g/mol. The fraction of sp³-hybridized carbons (Fsp3) is 0.231. The van der Waals surface area contributed by atoms with Crippen LogP contribution in [0.4, 0.5) is 10.3 Å². The molecule has 0 unspecified atom stereocenters. The molecule has 0 spiro atoms. The Morgan fingerprint density at radius 2 is 2.00 bits per heavy atom. The van der Waals surface area contributed by atoms with Crippen LogP contribution in [0.5, 0.6) is 0 Å². The summed E-state index contributed by atoms with van der Waals surface area (Å²) in [6.45, 7) is 3.71. The van der Waals surface area contributed by atoms with E-state index in [9.17, 15) is 4.39 Å². The van der Waals surface area contributed by atoms with Gasteiger partial charge in [-0.2, -0.15) is 5.10 Å². The summed E-state index contributed by atoms with van der Waals surface area (Å²) in [5, 5.41) is 4.34. The minimum atomic E-state index is -0.303. The number of imidazole rings is 1. The Labute approximate surface area is 123 Å². The fourth-order valence-electron chi connectivity index (χ4n) is 2.40. The van der Waals surface area contributed by atoms with Crippen molar-refractivity contribution < 1.29 is 4.39 Å². The lowest BCUT2D eigenvalue weighted by Gasteiger charge is -2.11. The second-order valence-corrected chi connectivity index (χ2v) is 5.59. The molecule has 3 aromatic rings. The van der Waals surface area contributed by atoms with E-state index in [0.717, 1.165) is 28.1 Å². The lowest BCUT2D eigenvalue weighted by Crippen LogP contribution is -2.06. The highest BCUT2D eigenvalue weighted by atomic mass is 79.9. The maximum Gasteiger partial charge on any atom is 0.207 e. The molecule has 104 valence electrons. The maximum atomic E-state index is 13.6. The van der Waals surface area contributed by atoms with Crippen molar-refractivity contribution in [2.24, 2.45) is 7.05 Å². The lowest BCUT2D eigenvalue weighted by atomic mass is 10.2. The number of halogens is 2. The molecule has 1 aromatic carbocycles. The largest absolute Gasteiger partial charge is 0.369 e. The Kier molecular flexibility index (Phi) is 2.82. The van der Waals surface area contributed by atoms with E-state index in [-0.39, 0.29) is 5.82 Å². The van der Waals surface area contributed by atoms with Crippen LogP contribution in [0, 0.1) is 19.7 Å². The minimum absolute atomic E-state index is 0.303. The normalized spacial score (nSPS) is 11.4. The first-order valence-electron chi connectivity index (χ1n) is 6.03. The zero-order valence-corrected chi connectivity index (χ0v) is 12.9. The van der Waals surface area contributed by atoms with Gasteiger partial charge in [-0.3, -0.25) is 4.57 Å². The number of hydrogen-bond donors (Lipinski definition) is 1. The van der Waals surface area contributed by atoms with Gasteiger partial charge in [-0.1, -0.05) is 0 Å². The summed E-state index contributed by atoms with van der Waals surface area (Å²) < 4.78 is 17.5. The Bertz CT molecular complexity index is 833. The topological polar surface area (TPSA) is 61.7 Å². The Balaban J connectivity index is 2.40. The van der Waals surface area contributed by atoms with E-state index in [0.29, 0.717) is 10.4 Å². The molecule has 2 heterocycles. The van der Waals surface area contributed by atoms with Crippen molar-refractivity contribution >= 4 is 33.0 Å². The summed E-state index contributed by atoms with van der Waals surface area (Å²) in [4.78, 5) is 4.35. The van der Waals surface area contributed by atoms with Gasteiger partial charge in [0.05, 0.1) is 15.9 Å². The van der Waals surface area contributed by atoms with E-state index in [1.54, 1.807) is 15.3 Å². The van der Waals surface area contributed by atoms with Crippen LogP contribution >= 0.6 is 15.9 Å². The van der Waals surface area contributed by atoms with Crippen LogP contribution < -0.4 is 5.73 Å². The molecule has 7 heteroatoms. The number of nitrogen functional groups attached to an aromatic ring is 1. The first-order valence-corrected chi connectivity index (χ1v) is 6.83. The van der Waals surface area contributed by atoms with Crippen molar-refractivity contribution in [3.05, 3.63) is 33.7 Å². The molecular weight excluding hydrogens is 325 g/mol. The van der Waals surface area contributed by atoms with Gasteiger partial charge in [-0.15, -0.1) is 0 Å². The summed E-state index contributed by atoms with van der Waals surface area (Å²) in [5.74, 6) is 0.0556. The van der Waals surface area contributed by atoms with Gasteiger partial charge < -0.3 is 5.73 Å². The molecule has 0 atom stereocenters. The number of rotatable bonds is 1. The van der Waals surface area contributed by atoms with Crippen LogP contribution in [-0.2, 0) is 7.05 Å². The second kappa shape index (κ2) is 4.31. The Morgan fingerprint density at radius 3 is 2.70 bits per heavy atom. The molecule has 20 heavy (non-hydrogen) atoms. The SMILES string of the molecule is Cc1cc(F)c(Br)cc1-n1c(N)nc2c(C)nn(C)c21. The first-order chi connectivity index (χ1) is 9.40. The van der Waals surface area contributed by atoms with Crippen LogP contribution in [0.15, 0.2) is 16.6 Å². The third-order valence-corrected chi connectivity index (χ3v) is 3.92. The van der Waals surface area contributed by atoms with Gasteiger partial charge in [0.1, 0.15) is 11.3 Å². The van der Waals surface area contributed by atoms with E-state index >= 15 is 0 Å². The Morgan fingerprint density at radius 1 is 1.30 bits per heavy atom. The molecule has 0 amide bonds. The number of aryl methyl sites for hydroxylation is 3. The van der Waals surface area contributed by atoms with Gasteiger partial charge in [0.2, 0.25) is 5.95 Å². The molecule has 0 fully saturated rings. The highest BCUT2D eigenvalue weighted by Crippen LogP contribution is 2.29. The standard InChI is InChI=1S/C13H13BrFN5/c1-6-4-9(15)8(14)5-10(6)20-12-11(17-13(20)16)7(2)18-19(12)3/h4-5H,1-3H3,(H2,16,17). The second-order valence-electron chi connectivity index (χ2n) is 4.74. The van der Waals surface area contributed by atoms with Crippen LogP contribution in [-0.4, -0.2) is 19.3 Å². The van der Waals surface area contributed by atoms with Crippen molar-refractivity contribution in [2.75, 3.05) is 5.73 Å². The van der Waals surface area contributed by atoms with Gasteiger partial charge in [0, 0.05) is 7.05 Å². The van der Waals surface area contributed by atoms with Crippen molar-refractivity contribution in [3.8, 4) is 5.69 Å². The van der Waals surface area contributed by atoms with Gasteiger partial charge in [0.15, 0.2) is 5.65 Å². The summed E-state index contributed by atoms with van der Waals surface area (Å²) >= 11 is 3.21. The summed E-state index contributed by atoms with van der Waals surface area (Å²) in [6.07, 6.45) is 0. The van der Waals surface area contributed by atoms with Gasteiger partial charge >= 0.3 is 0 Å². The number of nitrogens with zero attached hydrogens (tertiary/aromatic N) is 4. The van der Waals surface area contributed by atoms with Gasteiger partial charge in [-0.25, -0.2) is 14.1 Å². The number of nitrogens with two attached hydrogens (primary N) is 1.